The minimum atomic E-state index is -0.390. The molecule has 0 aromatic heterocycles. The number of hydrogen-bond donors (Lipinski definition) is 0. The van der Waals surface area contributed by atoms with Crippen molar-refractivity contribution in [2.45, 2.75) is 0 Å². The maximum Gasteiger partial charge on any atom is 0.316 e. The standard InChI is InChI=1S/C10H10O3S/c1-13-9(11)7-14-10(12)8-5-3-2-4-6-8/h2-6H,7H2,1H3. The fourth-order valence-electron chi connectivity index (χ4n) is 0.841. The third-order valence-corrected chi connectivity index (χ3v) is 2.44. The Morgan fingerprint density at radius 3 is 2.50 bits per heavy atom. The van der Waals surface area contributed by atoms with Gasteiger partial charge in [-0.3, -0.25) is 9.59 Å². The molecule has 0 aliphatic rings. The molecule has 0 saturated carbocycles. The summed E-state index contributed by atoms with van der Waals surface area (Å²) in [6.07, 6.45) is 0. The quantitative estimate of drug-likeness (QED) is 0.713. The van der Waals surface area contributed by atoms with Gasteiger partial charge >= 0.3 is 5.97 Å². The van der Waals surface area contributed by atoms with E-state index >= 15 is 0 Å². The van der Waals surface area contributed by atoms with Crippen LogP contribution >= 0.6 is 11.8 Å². The largest absolute Gasteiger partial charge is 0.468 e. The fraction of sp³-hybridized carbons (Fsp3) is 0.200. The second-order valence-electron chi connectivity index (χ2n) is 2.52. The number of methoxy groups -OCH3 is 1. The van der Waals surface area contributed by atoms with Gasteiger partial charge in [-0.05, 0) is 0 Å². The number of esters is 1. The number of rotatable bonds is 3. The summed E-state index contributed by atoms with van der Waals surface area (Å²) in [6.45, 7) is 0. The average Bonchev–Trinajstić information content (AvgIpc) is 2.26. The van der Waals surface area contributed by atoms with Crippen molar-refractivity contribution in [3.8, 4) is 0 Å². The predicted molar refractivity (Wildman–Crippen MR) is 55.2 cm³/mol. The first-order valence-electron chi connectivity index (χ1n) is 4.03. The second kappa shape index (κ2) is 5.44. The van der Waals surface area contributed by atoms with E-state index in [1.807, 2.05) is 6.07 Å². The molecule has 3 nitrogen and oxygen atoms in total. The van der Waals surface area contributed by atoms with Gasteiger partial charge in [-0.25, -0.2) is 0 Å². The Kier molecular flexibility index (Phi) is 4.19. The lowest BCUT2D eigenvalue weighted by molar-refractivity contribution is -0.137. The van der Waals surface area contributed by atoms with Crippen LogP contribution in [0.3, 0.4) is 0 Å². The Balaban J connectivity index is 2.48. The molecule has 0 N–H and O–H groups in total. The van der Waals surface area contributed by atoms with Crippen LogP contribution < -0.4 is 0 Å². The van der Waals surface area contributed by atoms with Crippen LogP contribution in [0.1, 0.15) is 10.4 Å². The van der Waals surface area contributed by atoms with Gasteiger partial charge in [-0.1, -0.05) is 42.1 Å². The van der Waals surface area contributed by atoms with Gasteiger partial charge in [0.2, 0.25) is 5.12 Å². The Bertz CT molecular complexity index is 321. The smallest absolute Gasteiger partial charge is 0.316 e. The highest BCUT2D eigenvalue weighted by atomic mass is 32.2. The van der Waals surface area contributed by atoms with Crippen molar-refractivity contribution in [1.82, 2.24) is 0 Å². The number of carbonyl (C=O) groups excluding carboxylic acids is 2. The van der Waals surface area contributed by atoms with Crippen LogP contribution in [0.5, 0.6) is 0 Å². The monoisotopic (exact) mass is 210 g/mol. The minimum Gasteiger partial charge on any atom is -0.468 e. The lowest BCUT2D eigenvalue weighted by atomic mass is 10.2. The molecule has 74 valence electrons. The molecule has 0 spiro atoms. The maximum absolute atomic E-state index is 11.4. The van der Waals surface area contributed by atoms with Crippen LogP contribution in [0.4, 0.5) is 0 Å². The summed E-state index contributed by atoms with van der Waals surface area (Å²) in [6, 6.07) is 8.83. The molecule has 0 amide bonds. The Hall–Kier alpha value is -1.29. The topological polar surface area (TPSA) is 43.4 Å². The SMILES string of the molecule is COC(=O)CSC(=O)c1ccccc1. The summed E-state index contributed by atoms with van der Waals surface area (Å²) < 4.78 is 4.42. The van der Waals surface area contributed by atoms with Crippen molar-refractivity contribution in [3.63, 3.8) is 0 Å². The Labute approximate surface area is 86.5 Å². The third-order valence-electron chi connectivity index (χ3n) is 1.56. The summed E-state index contributed by atoms with van der Waals surface area (Å²) in [7, 11) is 1.30. The van der Waals surface area contributed by atoms with Gasteiger partial charge < -0.3 is 4.74 Å². The highest BCUT2D eigenvalue weighted by Crippen LogP contribution is 2.11. The van der Waals surface area contributed by atoms with Gasteiger partial charge in [0.25, 0.3) is 0 Å². The van der Waals surface area contributed by atoms with Crippen LogP contribution in [0.2, 0.25) is 0 Å². The molecule has 0 unspecified atom stereocenters. The summed E-state index contributed by atoms with van der Waals surface area (Å²) >= 11 is 0.949. The molecule has 0 aliphatic carbocycles. The zero-order valence-corrected chi connectivity index (χ0v) is 8.54. The summed E-state index contributed by atoms with van der Waals surface area (Å²) in [5.41, 5.74) is 0.599. The van der Waals surface area contributed by atoms with Crippen LogP contribution in [0.15, 0.2) is 30.3 Å². The Morgan fingerprint density at radius 2 is 1.93 bits per heavy atom. The molecule has 0 radical (unpaired) electrons. The minimum absolute atomic E-state index is 0.0597. The van der Waals surface area contributed by atoms with E-state index in [1.165, 1.54) is 7.11 Å². The van der Waals surface area contributed by atoms with Gasteiger partial charge in [0, 0.05) is 5.56 Å². The molecule has 1 rings (SSSR count). The number of carbonyl (C=O) groups is 2. The summed E-state index contributed by atoms with van der Waals surface area (Å²) in [5.74, 6) is -0.330. The van der Waals surface area contributed by atoms with Crippen molar-refractivity contribution in [2.75, 3.05) is 12.9 Å². The van der Waals surface area contributed by atoms with E-state index in [2.05, 4.69) is 4.74 Å². The van der Waals surface area contributed by atoms with E-state index in [-0.39, 0.29) is 16.8 Å². The summed E-state index contributed by atoms with van der Waals surface area (Å²) in [4.78, 5) is 22.2. The molecule has 4 heteroatoms. The van der Waals surface area contributed by atoms with Crippen LogP contribution in [-0.2, 0) is 9.53 Å². The molecule has 0 saturated heterocycles. The van der Waals surface area contributed by atoms with Gasteiger partial charge in [0.1, 0.15) is 0 Å². The zero-order chi connectivity index (χ0) is 10.4. The van der Waals surface area contributed by atoms with E-state index in [9.17, 15) is 9.59 Å². The predicted octanol–water partition coefficient (Wildman–Crippen LogP) is 1.73. The first-order chi connectivity index (χ1) is 6.74. The second-order valence-corrected chi connectivity index (χ2v) is 3.47. The van der Waals surface area contributed by atoms with E-state index in [1.54, 1.807) is 24.3 Å². The van der Waals surface area contributed by atoms with Gasteiger partial charge in [0.15, 0.2) is 0 Å². The number of thioether (sulfide) groups is 1. The normalized spacial score (nSPS) is 9.50. The molecule has 14 heavy (non-hydrogen) atoms. The lowest BCUT2D eigenvalue weighted by Gasteiger charge is -1.99. The molecule has 1 aromatic rings. The molecule has 1 aromatic carbocycles. The van der Waals surface area contributed by atoms with Crippen LogP contribution in [0, 0.1) is 0 Å². The number of benzene rings is 1. The summed E-state index contributed by atoms with van der Waals surface area (Å²) in [5, 5.41) is -0.115. The van der Waals surface area contributed by atoms with Crippen LogP contribution in [0.25, 0.3) is 0 Å². The van der Waals surface area contributed by atoms with Crippen molar-refractivity contribution in [3.05, 3.63) is 35.9 Å². The maximum atomic E-state index is 11.4. The van der Waals surface area contributed by atoms with Gasteiger partial charge in [-0.2, -0.15) is 0 Å². The fourth-order valence-corrected chi connectivity index (χ4v) is 1.51. The van der Waals surface area contributed by atoms with E-state index in [0.717, 1.165) is 11.8 Å². The van der Waals surface area contributed by atoms with Crippen LogP contribution in [-0.4, -0.2) is 23.9 Å². The molecule has 0 fully saturated rings. The number of hydrogen-bond acceptors (Lipinski definition) is 4. The van der Waals surface area contributed by atoms with Crippen molar-refractivity contribution >= 4 is 22.8 Å². The van der Waals surface area contributed by atoms with Gasteiger partial charge in [-0.15, -0.1) is 0 Å². The van der Waals surface area contributed by atoms with E-state index in [0.29, 0.717) is 5.56 Å². The van der Waals surface area contributed by atoms with Crippen molar-refractivity contribution < 1.29 is 14.3 Å². The van der Waals surface area contributed by atoms with Crippen molar-refractivity contribution in [2.24, 2.45) is 0 Å². The third kappa shape index (κ3) is 3.22. The first-order valence-corrected chi connectivity index (χ1v) is 5.01. The number of ether oxygens (including phenoxy) is 1. The van der Waals surface area contributed by atoms with Crippen molar-refractivity contribution in [1.29, 1.82) is 0 Å². The highest BCUT2D eigenvalue weighted by molar-refractivity contribution is 8.14. The molecular weight excluding hydrogens is 200 g/mol. The Morgan fingerprint density at radius 1 is 1.29 bits per heavy atom. The average molecular weight is 210 g/mol. The zero-order valence-electron chi connectivity index (χ0n) is 7.73. The molecular formula is C10H10O3S. The van der Waals surface area contributed by atoms with Gasteiger partial charge in [0.05, 0.1) is 12.9 Å². The molecule has 0 atom stereocenters. The van der Waals surface area contributed by atoms with E-state index in [4.69, 9.17) is 0 Å². The molecule has 0 aliphatic heterocycles. The molecule has 0 bridgehead atoms. The highest BCUT2D eigenvalue weighted by Gasteiger charge is 2.08. The first kappa shape index (κ1) is 10.8. The lowest BCUT2D eigenvalue weighted by Crippen LogP contribution is -2.06. The molecule has 0 heterocycles. The van der Waals surface area contributed by atoms with E-state index < -0.39 is 0 Å².